The lowest BCUT2D eigenvalue weighted by Crippen LogP contribution is -2.35. The Morgan fingerprint density at radius 1 is 1.13 bits per heavy atom. The van der Waals surface area contributed by atoms with Crippen LogP contribution in [0.25, 0.3) is 11.3 Å². The highest BCUT2D eigenvalue weighted by Crippen LogP contribution is 2.34. The van der Waals surface area contributed by atoms with Gasteiger partial charge in [0.1, 0.15) is 17.1 Å². The molecule has 6 nitrogen and oxygen atoms in total. The predicted octanol–water partition coefficient (Wildman–Crippen LogP) is 4.96. The fourth-order valence-corrected chi connectivity index (χ4v) is 4.73. The second-order valence-corrected chi connectivity index (χ2v) is 8.36. The van der Waals surface area contributed by atoms with Crippen LogP contribution in [0.5, 0.6) is 0 Å². The van der Waals surface area contributed by atoms with Gasteiger partial charge in [0.25, 0.3) is 5.56 Å². The van der Waals surface area contributed by atoms with Crippen molar-refractivity contribution in [3.05, 3.63) is 62.6 Å². The number of allylic oxidation sites excluding steroid dienone is 2. The third-order valence-corrected chi connectivity index (χ3v) is 6.20. The minimum absolute atomic E-state index is 0.122. The van der Waals surface area contributed by atoms with E-state index in [-0.39, 0.29) is 41.1 Å². The number of carbonyl (C=O) groups excluding carboxylic acids is 2. The summed E-state index contributed by atoms with van der Waals surface area (Å²) in [5.41, 5.74) is -0.926. The summed E-state index contributed by atoms with van der Waals surface area (Å²) in [6, 6.07) is 5.47. The number of aliphatic hydroxyl groups excluding tert-OH is 1. The summed E-state index contributed by atoms with van der Waals surface area (Å²) in [5, 5.41) is 10.0. The Balaban J connectivity index is 1.93. The van der Waals surface area contributed by atoms with Crippen molar-refractivity contribution in [1.29, 1.82) is 0 Å². The zero-order valence-electron chi connectivity index (χ0n) is 16.9. The van der Waals surface area contributed by atoms with Crippen LogP contribution in [0, 0.1) is 5.82 Å². The van der Waals surface area contributed by atoms with Gasteiger partial charge >= 0.3 is 0 Å². The average molecular weight is 445 g/mol. The Bertz CT molecular complexity index is 1150. The van der Waals surface area contributed by atoms with Crippen LogP contribution in [0.2, 0.25) is 5.15 Å². The number of aliphatic hydroxyl groups is 1. The molecule has 162 valence electrons. The molecule has 4 rings (SSSR count). The molecule has 2 aromatic rings. The van der Waals surface area contributed by atoms with Gasteiger partial charge in [-0.1, -0.05) is 43.0 Å². The van der Waals surface area contributed by atoms with Crippen molar-refractivity contribution in [2.24, 2.45) is 0 Å². The van der Waals surface area contributed by atoms with E-state index in [1.807, 2.05) is 0 Å². The van der Waals surface area contributed by atoms with Gasteiger partial charge in [-0.15, -0.1) is 0 Å². The van der Waals surface area contributed by atoms with E-state index in [1.54, 1.807) is 6.07 Å². The van der Waals surface area contributed by atoms with E-state index in [0.717, 1.165) is 19.3 Å². The molecule has 0 unspecified atom stereocenters. The number of Topliss-reactive ketones (excluding diaryl/α,β-unsaturated/α-hetero) is 2. The van der Waals surface area contributed by atoms with Crippen molar-refractivity contribution in [1.82, 2.24) is 9.55 Å². The molecule has 0 aliphatic heterocycles. The molecule has 1 N–H and O–H groups in total. The van der Waals surface area contributed by atoms with Gasteiger partial charge in [-0.2, -0.15) is 0 Å². The van der Waals surface area contributed by atoms with Crippen molar-refractivity contribution in [3.63, 3.8) is 0 Å². The first-order valence-corrected chi connectivity index (χ1v) is 10.8. The summed E-state index contributed by atoms with van der Waals surface area (Å²) in [4.78, 5) is 42.9. The highest BCUT2D eigenvalue weighted by atomic mass is 35.5. The van der Waals surface area contributed by atoms with E-state index >= 15 is 0 Å². The topological polar surface area (TPSA) is 89.3 Å². The maximum Gasteiger partial charge on any atom is 0.281 e. The van der Waals surface area contributed by atoms with Gasteiger partial charge in [0.2, 0.25) is 5.78 Å². The van der Waals surface area contributed by atoms with E-state index in [0.29, 0.717) is 24.8 Å². The Morgan fingerprint density at radius 3 is 2.55 bits per heavy atom. The maximum absolute atomic E-state index is 13.9. The van der Waals surface area contributed by atoms with Gasteiger partial charge in [-0.05, 0) is 31.4 Å². The monoisotopic (exact) mass is 444 g/mol. The molecule has 31 heavy (non-hydrogen) atoms. The first-order valence-electron chi connectivity index (χ1n) is 10.5. The van der Waals surface area contributed by atoms with E-state index < -0.39 is 28.6 Å². The third-order valence-electron chi connectivity index (χ3n) is 5.93. The number of rotatable bonds is 4. The van der Waals surface area contributed by atoms with E-state index in [9.17, 15) is 23.9 Å². The number of halogens is 2. The predicted molar refractivity (Wildman–Crippen MR) is 114 cm³/mol. The summed E-state index contributed by atoms with van der Waals surface area (Å²) < 4.78 is 15.4. The Hall–Kier alpha value is -2.80. The van der Waals surface area contributed by atoms with Crippen LogP contribution in [0.1, 0.15) is 67.9 Å². The fourth-order valence-electron chi connectivity index (χ4n) is 4.45. The van der Waals surface area contributed by atoms with Crippen LogP contribution in [0.3, 0.4) is 0 Å². The summed E-state index contributed by atoms with van der Waals surface area (Å²) in [6.07, 6.45) is 5.05. The molecule has 1 heterocycles. The Kier molecular flexibility index (Phi) is 6.05. The van der Waals surface area contributed by atoms with Gasteiger partial charge in [-0.25, -0.2) is 9.37 Å². The van der Waals surface area contributed by atoms with Gasteiger partial charge in [0, 0.05) is 24.4 Å². The van der Waals surface area contributed by atoms with Crippen LogP contribution in [0.15, 0.2) is 40.4 Å². The van der Waals surface area contributed by atoms with E-state index in [4.69, 9.17) is 11.6 Å². The minimum Gasteiger partial charge on any atom is -0.511 e. The zero-order chi connectivity index (χ0) is 22.1. The number of carbonyl (C=O) groups is 2. The van der Waals surface area contributed by atoms with Crippen LogP contribution in [-0.4, -0.2) is 26.2 Å². The molecular weight excluding hydrogens is 423 g/mol. The third kappa shape index (κ3) is 4.06. The summed E-state index contributed by atoms with van der Waals surface area (Å²) in [6.45, 7) is 0. The molecule has 1 fully saturated rings. The first kappa shape index (κ1) is 21.4. The average Bonchev–Trinajstić information content (AvgIpc) is 2.75. The summed E-state index contributed by atoms with van der Waals surface area (Å²) in [5.74, 6) is -2.23. The highest BCUT2D eigenvalue weighted by molar-refractivity contribution is 6.32. The molecule has 0 bridgehead atoms. The number of ketones is 2. The maximum atomic E-state index is 13.9. The number of nitrogens with zero attached hydrogens (tertiary/aromatic N) is 2. The number of benzene rings is 1. The van der Waals surface area contributed by atoms with Gasteiger partial charge < -0.3 is 9.67 Å². The minimum atomic E-state index is -0.913. The zero-order valence-corrected chi connectivity index (χ0v) is 17.6. The van der Waals surface area contributed by atoms with Gasteiger partial charge in [-0.3, -0.25) is 14.4 Å². The van der Waals surface area contributed by atoms with Gasteiger partial charge in [0.05, 0.1) is 5.69 Å². The van der Waals surface area contributed by atoms with Crippen molar-refractivity contribution < 1.29 is 19.1 Å². The molecule has 8 heteroatoms. The molecular formula is C23H22ClFN2O4. The van der Waals surface area contributed by atoms with Crippen LogP contribution >= 0.6 is 11.6 Å². The standard InChI is InChI=1S/C23H22ClFN2O4/c24-22-20(13-6-4-7-14(25)12-13)27(15-8-2-1-3-9-15)23(31)19(26-22)21(30)18-16(28)10-5-11-17(18)29/h4,6-7,12,15,28H,1-3,5,8-11H2. The molecule has 0 amide bonds. The van der Waals surface area contributed by atoms with E-state index in [1.165, 1.54) is 22.8 Å². The van der Waals surface area contributed by atoms with Crippen molar-refractivity contribution in [3.8, 4) is 11.3 Å². The van der Waals surface area contributed by atoms with E-state index in [2.05, 4.69) is 4.98 Å². The lowest BCUT2D eigenvalue weighted by Gasteiger charge is -2.27. The SMILES string of the molecule is O=C1CCCC(O)=C1C(=O)c1nc(Cl)c(-c2cccc(F)c2)n(C2CCCCC2)c1=O. The lowest BCUT2D eigenvalue weighted by molar-refractivity contribution is -0.116. The summed E-state index contributed by atoms with van der Waals surface area (Å²) >= 11 is 6.46. The smallest absolute Gasteiger partial charge is 0.281 e. The first-order chi connectivity index (χ1) is 14.9. The number of hydrogen-bond acceptors (Lipinski definition) is 5. The highest BCUT2D eigenvalue weighted by Gasteiger charge is 2.33. The molecule has 0 atom stereocenters. The Labute approximate surface area is 183 Å². The van der Waals surface area contributed by atoms with Crippen molar-refractivity contribution in [2.75, 3.05) is 0 Å². The number of aromatic nitrogens is 2. The molecule has 0 radical (unpaired) electrons. The molecule has 2 aliphatic carbocycles. The second kappa shape index (κ2) is 8.75. The Morgan fingerprint density at radius 2 is 1.87 bits per heavy atom. The van der Waals surface area contributed by atoms with Crippen LogP contribution in [0.4, 0.5) is 4.39 Å². The van der Waals surface area contributed by atoms with Crippen LogP contribution < -0.4 is 5.56 Å². The molecule has 1 aromatic carbocycles. The normalized spacial score (nSPS) is 17.8. The largest absolute Gasteiger partial charge is 0.511 e. The molecule has 0 saturated heterocycles. The molecule has 0 spiro atoms. The fraction of sp³-hybridized carbons (Fsp3) is 0.391. The molecule has 2 aliphatic rings. The van der Waals surface area contributed by atoms with Gasteiger partial charge in [0.15, 0.2) is 16.6 Å². The molecule has 1 aromatic heterocycles. The second-order valence-electron chi connectivity index (χ2n) is 8.00. The van der Waals surface area contributed by atoms with Crippen molar-refractivity contribution >= 4 is 23.2 Å². The van der Waals surface area contributed by atoms with Crippen molar-refractivity contribution in [2.45, 2.75) is 57.4 Å². The molecule has 1 saturated carbocycles. The van der Waals surface area contributed by atoms with Crippen LogP contribution in [-0.2, 0) is 4.79 Å². The quantitative estimate of drug-likeness (QED) is 0.532. The number of hydrogen-bond donors (Lipinski definition) is 1. The lowest BCUT2D eigenvalue weighted by atomic mass is 9.91. The summed E-state index contributed by atoms with van der Waals surface area (Å²) in [7, 11) is 0.